The van der Waals surface area contributed by atoms with Crippen LogP contribution in [0.5, 0.6) is 5.75 Å². The first kappa shape index (κ1) is 11.9. The molecule has 0 spiro atoms. The maximum absolute atomic E-state index is 13.6. The van der Waals surface area contributed by atoms with Crippen molar-refractivity contribution in [3.8, 4) is 5.75 Å². The lowest BCUT2D eigenvalue weighted by Crippen LogP contribution is -2.11. The van der Waals surface area contributed by atoms with E-state index in [2.05, 4.69) is 4.74 Å². The summed E-state index contributed by atoms with van der Waals surface area (Å²) in [4.78, 5) is 11.2. The van der Waals surface area contributed by atoms with Gasteiger partial charge in [0.2, 0.25) is 6.17 Å². The highest BCUT2D eigenvalue weighted by Crippen LogP contribution is 2.28. The summed E-state index contributed by atoms with van der Waals surface area (Å²) in [5.41, 5.74) is 0.298. The van der Waals surface area contributed by atoms with Gasteiger partial charge in [-0.05, 0) is 37.5 Å². The molecule has 0 N–H and O–H groups in total. The minimum absolute atomic E-state index is 0.183. The molecule has 1 atom stereocenters. The number of halogens is 1. The molecule has 1 aliphatic rings. The van der Waals surface area contributed by atoms with Crippen molar-refractivity contribution in [1.82, 2.24) is 0 Å². The van der Waals surface area contributed by atoms with Crippen molar-refractivity contribution in [2.24, 2.45) is 0 Å². The Morgan fingerprint density at radius 3 is 2.59 bits per heavy atom. The van der Waals surface area contributed by atoms with Crippen LogP contribution in [0.1, 0.15) is 31.5 Å². The van der Waals surface area contributed by atoms with Crippen LogP contribution in [0.2, 0.25) is 0 Å². The van der Waals surface area contributed by atoms with Gasteiger partial charge < -0.3 is 9.47 Å². The van der Waals surface area contributed by atoms with E-state index in [0.29, 0.717) is 17.4 Å². The zero-order chi connectivity index (χ0) is 12.3. The molecular formula is C13H15FO3. The average molecular weight is 238 g/mol. The smallest absolute Gasteiger partial charge is 0.345 e. The number of ether oxygens (including phenoxy) is 2. The summed E-state index contributed by atoms with van der Waals surface area (Å²) in [5, 5.41) is 0. The molecule has 0 aliphatic heterocycles. The quantitative estimate of drug-likeness (QED) is 0.740. The van der Waals surface area contributed by atoms with Crippen molar-refractivity contribution in [2.45, 2.75) is 32.0 Å². The third-order valence-electron chi connectivity index (χ3n) is 2.49. The van der Waals surface area contributed by atoms with Gasteiger partial charge in [0.05, 0.1) is 12.7 Å². The van der Waals surface area contributed by atoms with E-state index < -0.39 is 12.1 Å². The summed E-state index contributed by atoms with van der Waals surface area (Å²) in [6.07, 6.45) is 0.754. The van der Waals surface area contributed by atoms with Crippen molar-refractivity contribution >= 4 is 5.97 Å². The van der Waals surface area contributed by atoms with Crippen LogP contribution in [0.4, 0.5) is 4.39 Å². The summed E-state index contributed by atoms with van der Waals surface area (Å²) in [6.45, 7) is 1.83. The number of carbonyl (C=O) groups excluding carboxylic acids is 1. The first-order valence-corrected chi connectivity index (χ1v) is 5.78. The molecule has 1 aromatic carbocycles. The molecule has 3 nitrogen and oxygen atoms in total. The van der Waals surface area contributed by atoms with Crippen LogP contribution < -0.4 is 4.74 Å². The number of hydrogen-bond acceptors (Lipinski definition) is 3. The number of carbonyl (C=O) groups is 1. The maximum Gasteiger partial charge on any atom is 0.345 e. The average Bonchev–Trinajstić information content (AvgIpc) is 3.13. The highest BCUT2D eigenvalue weighted by Gasteiger charge is 2.24. The first-order chi connectivity index (χ1) is 8.20. The largest absolute Gasteiger partial charge is 0.490 e. The topological polar surface area (TPSA) is 35.5 Å². The molecule has 0 heterocycles. The molecule has 1 fully saturated rings. The zero-order valence-corrected chi connectivity index (χ0v) is 9.69. The molecule has 4 heteroatoms. The fourth-order valence-electron chi connectivity index (χ4n) is 1.45. The fraction of sp³-hybridized carbons (Fsp3) is 0.462. The predicted molar refractivity (Wildman–Crippen MR) is 60.6 cm³/mol. The Bertz CT molecular complexity index is 384. The van der Waals surface area contributed by atoms with Gasteiger partial charge in [0.1, 0.15) is 5.75 Å². The van der Waals surface area contributed by atoms with E-state index in [1.807, 2.05) is 0 Å². The molecule has 0 bridgehead atoms. The van der Waals surface area contributed by atoms with E-state index in [1.54, 1.807) is 31.2 Å². The standard InChI is InChI=1S/C13H15FO3/c1-2-16-13(15)12(14)9-3-5-10(6-4-9)17-11-7-8-11/h3-6,11-12H,2,7-8H2,1H3. The summed E-state index contributed by atoms with van der Waals surface area (Å²) in [7, 11) is 0. The van der Waals surface area contributed by atoms with Crippen molar-refractivity contribution in [1.29, 1.82) is 0 Å². The van der Waals surface area contributed by atoms with Crippen LogP contribution in [0.15, 0.2) is 24.3 Å². The normalized spacial score (nSPS) is 16.4. The van der Waals surface area contributed by atoms with Crippen LogP contribution in [-0.4, -0.2) is 18.7 Å². The molecule has 0 saturated heterocycles. The van der Waals surface area contributed by atoms with Gasteiger partial charge in [-0.1, -0.05) is 12.1 Å². The molecule has 1 aliphatic carbocycles. The van der Waals surface area contributed by atoms with Gasteiger partial charge in [0.25, 0.3) is 0 Å². The van der Waals surface area contributed by atoms with E-state index in [0.717, 1.165) is 12.8 Å². The molecule has 0 amide bonds. The van der Waals surface area contributed by atoms with Gasteiger partial charge >= 0.3 is 5.97 Å². The highest BCUT2D eigenvalue weighted by molar-refractivity contribution is 5.76. The Hall–Kier alpha value is -1.58. The number of esters is 1. The van der Waals surface area contributed by atoms with Gasteiger partial charge in [-0.25, -0.2) is 9.18 Å². The van der Waals surface area contributed by atoms with E-state index in [9.17, 15) is 9.18 Å². The van der Waals surface area contributed by atoms with Gasteiger partial charge in [-0.15, -0.1) is 0 Å². The van der Waals surface area contributed by atoms with Gasteiger partial charge in [-0.2, -0.15) is 0 Å². The Morgan fingerprint density at radius 1 is 1.41 bits per heavy atom. The molecule has 1 unspecified atom stereocenters. The van der Waals surface area contributed by atoms with Crippen molar-refractivity contribution in [3.63, 3.8) is 0 Å². The number of alkyl halides is 1. The summed E-state index contributed by atoms with van der Waals surface area (Å²) in [5.74, 6) is -0.129. The minimum atomic E-state index is -1.72. The van der Waals surface area contributed by atoms with E-state index in [1.165, 1.54) is 0 Å². The van der Waals surface area contributed by atoms with Crippen LogP contribution in [0.3, 0.4) is 0 Å². The van der Waals surface area contributed by atoms with E-state index in [-0.39, 0.29) is 6.61 Å². The van der Waals surface area contributed by atoms with E-state index >= 15 is 0 Å². The zero-order valence-electron chi connectivity index (χ0n) is 9.69. The first-order valence-electron chi connectivity index (χ1n) is 5.78. The lowest BCUT2D eigenvalue weighted by molar-refractivity contribution is -0.149. The number of hydrogen-bond donors (Lipinski definition) is 0. The Morgan fingerprint density at radius 2 is 2.06 bits per heavy atom. The Labute approximate surface area is 99.5 Å². The second-order valence-corrected chi connectivity index (χ2v) is 4.00. The molecule has 92 valence electrons. The monoisotopic (exact) mass is 238 g/mol. The summed E-state index contributed by atoms with van der Waals surface area (Å²) < 4.78 is 23.8. The summed E-state index contributed by atoms with van der Waals surface area (Å²) in [6, 6.07) is 6.47. The van der Waals surface area contributed by atoms with Crippen LogP contribution in [0, 0.1) is 0 Å². The maximum atomic E-state index is 13.6. The lowest BCUT2D eigenvalue weighted by Gasteiger charge is -2.09. The van der Waals surface area contributed by atoms with Gasteiger partial charge in [0, 0.05) is 0 Å². The second kappa shape index (κ2) is 5.17. The van der Waals surface area contributed by atoms with Crippen LogP contribution in [0.25, 0.3) is 0 Å². The number of benzene rings is 1. The lowest BCUT2D eigenvalue weighted by atomic mass is 10.1. The molecule has 1 aromatic rings. The predicted octanol–water partition coefficient (Wildman–Crippen LogP) is 2.80. The highest BCUT2D eigenvalue weighted by atomic mass is 19.1. The number of rotatable bonds is 5. The molecule has 1 saturated carbocycles. The van der Waals surface area contributed by atoms with Crippen LogP contribution in [-0.2, 0) is 9.53 Å². The SMILES string of the molecule is CCOC(=O)C(F)c1ccc(OC2CC2)cc1. The molecule has 17 heavy (non-hydrogen) atoms. The third kappa shape index (κ3) is 3.19. The van der Waals surface area contributed by atoms with Crippen LogP contribution >= 0.6 is 0 Å². The third-order valence-corrected chi connectivity index (χ3v) is 2.49. The second-order valence-electron chi connectivity index (χ2n) is 4.00. The van der Waals surface area contributed by atoms with Crippen molar-refractivity contribution < 1.29 is 18.7 Å². The van der Waals surface area contributed by atoms with E-state index in [4.69, 9.17) is 4.74 Å². The van der Waals surface area contributed by atoms with Crippen molar-refractivity contribution in [3.05, 3.63) is 29.8 Å². The minimum Gasteiger partial charge on any atom is -0.490 e. The van der Waals surface area contributed by atoms with Gasteiger partial charge in [0.15, 0.2) is 0 Å². The molecular weight excluding hydrogens is 223 g/mol. The molecule has 0 radical (unpaired) electrons. The van der Waals surface area contributed by atoms with Gasteiger partial charge in [-0.3, -0.25) is 0 Å². The Balaban J connectivity index is 1.98. The fourth-order valence-corrected chi connectivity index (χ4v) is 1.45. The molecule has 0 aromatic heterocycles. The van der Waals surface area contributed by atoms with Crippen molar-refractivity contribution in [2.75, 3.05) is 6.61 Å². The summed E-state index contributed by atoms with van der Waals surface area (Å²) >= 11 is 0. The Kier molecular flexibility index (Phi) is 3.61. The molecule has 2 rings (SSSR count).